The highest BCUT2D eigenvalue weighted by molar-refractivity contribution is 5.95. The number of nitrogens with one attached hydrogen (secondary N) is 2. The molecule has 0 unspecified atom stereocenters. The summed E-state index contributed by atoms with van der Waals surface area (Å²) >= 11 is 0. The maximum Gasteiger partial charge on any atom is 0.407 e. The Morgan fingerprint density at radius 3 is 2.14 bits per heavy atom. The molecule has 2 aromatic rings. The summed E-state index contributed by atoms with van der Waals surface area (Å²) in [7, 11) is 1.54. The van der Waals surface area contributed by atoms with Crippen LogP contribution in [0, 0.1) is 11.8 Å². The van der Waals surface area contributed by atoms with E-state index in [1.165, 1.54) is 0 Å². The molecule has 0 aliphatic heterocycles. The maximum atomic E-state index is 12.9. The highest BCUT2D eigenvalue weighted by Gasteiger charge is 2.23. The first kappa shape index (κ1) is 26.5. The van der Waals surface area contributed by atoms with Gasteiger partial charge in [0, 0.05) is 36.8 Å². The van der Waals surface area contributed by atoms with Gasteiger partial charge in [-0.1, -0.05) is 24.3 Å². The third kappa shape index (κ3) is 8.24. The molecule has 3 rings (SSSR count). The maximum absolute atomic E-state index is 12.9. The van der Waals surface area contributed by atoms with Crippen molar-refractivity contribution in [1.82, 2.24) is 15.6 Å². The molecule has 190 valence electrons. The van der Waals surface area contributed by atoms with Gasteiger partial charge in [-0.15, -0.1) is 0 Å². The van der Waals surface area contributed by atoms with E-state index in [1.54, 1.807) is 19.2 Å². The van der Waals surface area contributed by atoms with E-state index in [0.29, 0.717) is 48.6 Å². The smallest absolute Gasteiger partial charge is 0.407 e. The average molecular weight is 483 g/mol. The van der Waals surface area contributed by atoms with Crippen LogP contribution in [-0.2, 0) is 11.3 Å². The third-order valence-electron chi connectivity index (χ3n) is 6.21. The number of hydrogen-bond donors (Lipinski definition) is 3. The van der Waals surface area contributed by atoms with E-state index in [2.05, 4.69) is 15.6 Å². The number of nitrogens with zero attached hydrogens (tertiary/aromatic N) is 1. The lowest BCUT2D eigenvalue weighted by Gasteiger charge is -2.29. The summed E-state index contributed by atoms with van der Waals surface area (Å²) in [6.07, 6.45) is 3.69. The standard InChI is InChI=1S/C27H38N4O4/c1-27(2,3)35-26(33)30-17-20-7-5-19(6-8-20)16-29-25(32)22-13-23(31-24(14-22)34-4)21-11-9-18(15-28)10-12-21/h9-14,19-20H,5-8,15-17,28H2,1-4H3,(H,29,32)(H,30,33). The van der Waals surface area contributed by atoms with Crippen molar-refractivity contribution in [3.8, 4) is 17.1 Å². The van der Waals surface area contributed by atoms with Crippen molar-refractivity contribution in [3.63, 3.8) is 0 Å². The molecule has 1 aliphatic carbocycles. The van der Waals surface area contributed by atoms with Gasteiger partial charge in [0.1, 0.15) is 5.60 Å². The largest absolute Gasteiger partial charge is 0.481 e. The molecule has 0 radical (unpaired) electrons. The molecule has 2 amide bonds. The third-order valence-corrected chi connectivity index (χ3v) is 6.21. The second-order valence-corrected chi connectivity index (χ2v) is 10.2. The number of ether oxygens (including phenoxy) is 2. The minimum absolute atomic E-state index is 0.140. The monoisotopic (exact) mass is 482 g/mol. The Hall–Kier alpha value is -3.13. The molecule has 0 saturated heterocycles. The number of carbonyl (C=O) groups excluding carboxylic acids is 2. The molecule has 0 spiro atoms. The predicted molar refractivity (Wildman–Crippen MR) is 136 cm³/mol. The van der Waals surface area contributed by atoms with Crippen LogP contribution >= 0.6 is 0 Å². The van der Waals surface area contributed by atoms with E-state index >= 15 is 0 Å². The van der Waals surface area contributed by atoms with Crippen molar-refractivity contribution < 1.29 is 19.1 Å². The van der Waals surface area contributed by atoms with E-state index in [4.69, 9.17) is 15.2 Å². The molecular weight excluding hydrogens is 444 g/mol. The number of amides is 2. The van der Waals surface area contributed by atoms with Gasteiger partial charge in [-0.25, -0.2) is 9.78 Å². The topological polar surface area (TPSA) is 116 Å². The number of benzene rings is 1. The lowest BCUT2D eigenvalue weighted by molar-refractivity contribution is 0.0512. The number of alkyl carbamates (subject to hydrolysis) is 1. The Kier molecular flexibility index (Phi) is 9.09. The zero-order valence-electron chi connectivity index (χ0n) is 21.2. The van der Waals surface area contributed by atoms with E-state index < -0.39 is 5.60 Å². The molecule has 4 N–H and O–H groups in total. The summed E-state index contributed by atoms with van der Waals surface area (Å²) < 4.78 is 10.6. The number of rotatable bonds is 8. The molecule has 8 heteroatoms. The van der Waals surface area contributed by atoms with Gasteiger partial charge in [0.15, 0.2) is 0 Å². The number of carbonyl (C=O) groups is 2. The molecule has 1 aromatic carbocycles. The van der Waals surface area contributed by atoms with Gasteiger partial charge in [-0.3, -0.25) is 4.79 Å². The summed E-state index contributed by atoms with van der Waals surface area (Å²) in [5.74, 6) is 1.11. The Labute approximate surface area is 208 Å². The minimum Gasteiger partial charge on any atom is -0.481 e. The number of nitrogens with two attached hydrogens (primary N) is 1. The fraction of sp³-hybridized carbons (Fsp3) is 0.519. The van der Waals surface area contributed by atoms with Gasteiger partial charge in [0.2, 0.25) is 5.88 Å². The molecule has 35 heavy (non-hydrogen) atoms. The van der Waals surface area contributed by atoms with Gasteiger partial charge in [-0.2, -0.15) is 0 Å². The van der Waals surface area contributed by atoms with Crippen molar-refractivity contribution in [3.05, 3.63) is 47.5 Å². The lowest BCUT2D eigenvalue weighted by Crippen LogP contribution is -2.37. The zero-order valence-corrected chi connectivity index (χ0v) is 21.2. The molecule has 1 saturated carbocycles. The van der Waals surface area contributed by atoms with Crippen molar-refractivity contribution in [2.45, 2.75) is 58.6 Å². The van der Waals surface area contributed by atoms with Gasteiger partial charge in [0.25, 0.3) is 5.91 Å². The molecule has 0 atom stereocenters. The molecule has 0 bridgehead atoms. The molecule has 1 heterocycles. The number of aromatic nitrogens is 1. The SMILES string of the molecule is COc1cc(C(=O)NCC2CCC(CNC(=O)OC(C)(C)C)CC2)cc(-c2ccc(CN)cc2)n1. The van der Waals surface area contributed by atoms with Crippen molar-refractivity contribution >= 4 is 12.0 Å². The van der Waals surface area contributed by atoms with Crippen LogP contribution in [0.15, 0.2) is 36.4 Å². The van der Waals surface area contributed by atoms with E-state index in [-0.39, 0.29) is 12.0 Å². The molecule has 8 nitrogen and oxygen atoms in total. The Balaban J connectivity index is 1.50. The highest BCUT2D eigenvalue weighted by Crippen LogP contribution is 2.28. The Morgan fingerprint density at radius 1 is 1.00 bits per heavy atom. The number of methoxy groups -OCH3 is 1. The fourth-order valence-corrected chi connectivity index (χ4v) is 4.22. The summed E-state index contributed by atoms with van der Waals surface area (Å²) in [6, 6.07) is 11.2. The van der Waals surface area contributed by atoms with Gasteiger partial charge in [0.05, 0.1) is 12.8 Å². The summed E-state index contributed by atoms with van der Waals surface area (Å²) in [5.41, 5.74) is 8.32. The van der Waals surface area contributed by atoms with Crippen LogP contribution < -0.4 is 21.1 Å². The van der Waals surface area contributed by atoms with Crippen molar-refractivity contribution in [2.24, 2.45) is 17.6 Å². The van der Waals surface area contributed by atoms with Crippen LogP contribution in [0.3, 0.4) is 0 Å². The second kappa shape index (κ2) is 12.0. The van der Waals surface area contributed by atoms with Crippen molar-refractivity contribution in [1.29, 1.82) is 0 Å². The Morgan fingerprint density at radius 2 is 1.60 bits per heavy atom. The van der Waals surface area contributed by atoms with E-state index in [0.717, 1.165) is 36.8 Å². The first-order valence-corrected chi connectivity index (χ1v) is 12.3. The van der Waals surface area contributed by atoms with Crippen LogP contribution in [-0.4, -0.2) is 42.8 Å². The van der Waals surface area contributed by atoms with Gasteiger partial charge in [-0.05, 0) is 69.9 Å². The highest BCUT2D eigenvalue weighted by atomic mass is 16.6. The second-order valence-electron chi connectivity index (χ2n) is 10.2. The van der Waals surface area contributed by atoms with Crippen LogP contribution in [0.4, 0.5) is 4.79 Å². The van der Waals surface area contributed by atoms with E-state index in [1.807, 2.05) is 45.0 Å². The zero-order chi connectivity index (χ0) is 25.4. The first-order chi connectivity index (χ1) is 16.7. The fourth-order valence-electron chi connectivity index (χ4n) is 4.22. The van der Waals surface area contributed by atoms with Crippen molar-refractivity contribution in [2.75, 3.05) is 20.2 Å². The van der Waals surface area contributed by atoms with Crippen LogP contribution in [0.1, 0.15) is 62.4 Å². The number of hydrogen-bond acceptors (Lipinski definition) is 6. The van der Waals surface area contributed by atoms with Crippen LogP contribution in [0.2, 0.25) is 0 Å². The Bertz CT molecular complexity index is 993. The molecule has 1 fully saturated rings. The van der Waals surface area contributed by atoms with Gasteiger partial charge >= 0.3 is 6.09 Å². The first-order valence-electron chi connectivity index (χ1n) is 12.3. The lowest BCUT2D eigenvalue weighted by atomic mass is 9.82. The average Bonchev–Trinajstić information content (AvgIpc) is 2.85. The van der Waals surface area contributed by atoms with E-state index in [9.17, 15) is 9.59 Å². The van der Waals surface area contributed by atoms with Crippen LogP contribution in [0.5, 0.6) is 5.88 Å². The molecule has 1 aromatic heterocycles. The molecule has 1 aliphatic rings. The predicted octanol–water partition coefficient (Wildman–Crippen LogP) is 4.28. The van der Waals surface area contributed by atoms with Crippen LogP contribution in [0.25, 0.3) is 11.3 Å². The summed E-state index contributed by atoms with van der Waals surface area (Å²) in [6.45, 7) is 7.29. The summed E-state index contributed by atoms with van der Waals surface area (Å²) in [5, 5.41) is 5.96. The quantitative estimate of drug-likeness (QED) is 0.517. The normalized spacial score (nSPS) is 18.0. The number of pyridine rings is 1. The summed E-state index contributed by atoms with van der Waals surface area (Å²) in [4.78, 5) is 29.3. The minimum atomic E-state index is -0.491. The van der Waals surface area contributed by atoms with Gasteiger partial charge < -0.3 is 25.8 Å². The molecular formula is C27H38N4O4.